The Labute approximate surface area is 146 Å². The molecule has 0 spiro atoms. The molecule has 1 aromatic carbocycles. The van der Waals surface area contributed by atoms with Crippen molar-refractivity contribution in [1.29, 1.82) is 0 Å². The maximum atomic E-state index is 12.3. The van der Waals surface area contributed by atoms with Gasteiger partial charge in [-0.15, -0.1) is 0 Å². The molecule has 1 aliphatic rings. The summed E-state index contributed by atoms with van der Waals surface area (Å²) in [6, 6.07) is 9.21. The number of nitrogens with zero attached hydrogens (tertiary/aromatic N) is 1. The van der Waals surface area contributed by atoms with Crippen LogP contribution in [0.15, 0.2) is 45.4 Å². The first-order valence-electron chi connectivity index (χ1n) is 9.01. The average Bonchev–Trinajstić information content (AvgIpc) is 3.31. The first kappa shape index (κ1) is 15.9. The van der Waals surface area contributed by atoms with Gasteiger partial charge in [0.05, 0.1) is 6.26 Å². The molecule has 1 saturated carbocycles. The molecule has 1 N–H and O–H groups in total. The predicted octanol–water partition coefficient (Wildman–Crippen LogP) is 4.44. The van der Waals surface area contributed by atoms with Gasteiger partial charge in [0.1, 0.15) is 11.3 Å². The standard InChI is InChI=1S/C20H22N2O3/c23-19(21-11-10-16-7-4-12-24-16)15-8-9-17-18(13-15)25-20(22-17)14-5-2-1-3-6-14/h4,7-9,12-14H,1-3,5-6,10-11H2,(H,21,23). The normalized spacial score (nSPS) is 15.5. The topological polar surface area (TPSA) is 68.3 Å². The van der Waals surface area contributed by atoms with Gasteiger partial charge in [0, 0.05) is 24.4 Å². The fraction of sp³-hybridized carbons (Fsp3) is 0.400. The molecular formula is C20H22N2O3. The van der Waals surface area contributed by atoms with Crippen LogP contribution in [0.5, 0.6) is 0 Å². The Morgan fingerprint density at radius 3 is 2.88 bits per heavy atom. The fourth-order valence-electron chi connectivity index (χ4n) is 3.46. The van der Waals surface area contributed by atoms with Gasteiger partial charge in [-0.2, -0.15) is 0 Å². The zero-order chi connectivity index (χ0) is 17.1. The number of nitrogens with one attached hydrogen (secondary N) is 1. The number of carbonyl (C=O) groups is 1. The molecule has 1 fully saturated rings. The van der Waals surface area contributed by atoms with Gasteiger partial charge in [-0.3, -0.25) is 4.79 Å². The molecule has 3 aromatic rings. The molecule has 0 saturated heterocycles. The number of aromatic nitrogens is 1. The molecule has 0 atom stereocenters. The van der Waals surface area contributed by atoms with Crippen LogP contribution in [0, 0.1) is 0 Å². The van der Waals surface area contributed by atoms with E-state index in [9.17, 15) is 4.79 Å². The largest absolute Gasteiger partial charge is 0.469 e. The first-order valence-corrected chi connectivity index (χ1v) is 9.01. The summed E-state index contributed by atoms with van der Waals surface area (Å²) in [5.74, 6) is 2.00. The number of benzene rings is 1. The number of fused-ring (bicyclic) bond motifs is 1. The van der Waals surface area contributed by atoms with Crippen molar-refractivity contribution in [3.05, 3.63) is 53.8 Å². The van der Waals surface area contributed by atoms with Gasteiger partial charge in [0.25, 0.3) is 5.91 Å². The van der Waals surface area contributed by atoms with E-state index >= 15 is 0 Å². The summed E-state index contributed by atoms with van der Waals surface area (Å²) in [7, 11) is 0. The van der Waals surface area contributed by atoms with E-state index in [1.165, 1.54) is 19.3 Å². The number of hydrogen-bond acceptors (Lipinski definition) is 4. The molecule has 0 radical (unpaired) electrons. The third kappa shape index (κ3) is 3.60. The molecule has 5 heteroatoms. The van der Waals surface area contributed by atoms with Crippen molar-refractivity contribution in [2.45, 2.75) is 44.4 Å². The Kier molecular flexibility index (Phi) is 4.55. The molecule has 1 aliphatic carbocycles. The van der Waals surface area contributed by atoms with Crippen molar-refractivity contribution >= 4 is 17.0 Å². The summed E-state index contributed by atoms with van der Waals surface area (Å²) < 4.78 is 11.2. The van der Waals surface area contributed by atoms with Crippen molar-refractivity contribution in [2.24, 2.45) is 0 Å². The van der Waals surface area contributed by atoms with Gasteiger partial charge >= 0.3 is 0 Å². The highest BCUT2D eigenvalue weighted by molar-refractivity contribution is 5.97. The number of rotatable bonds is 5. The molecule has 1 amide bonds. The zero-order valence-corrected chi connectivity index (χ0v) is 14.2. The minimum Gasteiger partial charge on any atom is -0.469 e. The second-order valence-electron chi connectivity index (χ2n) is 6.65. The van der Waals surface area contributed by atoms with Gasteiger partial charge in [0.15, 0.2) is 11.5 Å². The van der Waals surface area contributed by atoms with E-state index in [0.717, 1.165) is 30.0 Å². The summed E-state index contributed by atoms with van der Waals surface area (Å²) in [5.41, 5.74) is 2.12. The molecule has 130 valence electrons. The second kappa shape index (κ2) is 7.13. The fourth-order valence-corrected chi connectivity index (χ4v) is 3.46. The number of carbonyl (C=O) groups excluding carboxylic acids is 1. The second-order valence-corrected chi connectivity index (χ2v) is 6.65. The van der Waals surface area contributed by atoms with Crippen LogP contribution in [0.25, 0.3) is 11.1 Å². The molecule has 2 heterocycles. The summed E-state index contributed by atoms with van der Waals surface area (Å²) in [5, 5.41) is 2.91. The quantitative estimate of drug-likeness (QED) is 0.746. The minimum atomic E-state index is -0.107. The number of hydrogen-bond donors (Lipinski definition) is 1. The lowest BCUT2D eigenvalue weighted by atomic mass is 9.89. The molecule has 0 aliphatic heterocycles. The average molecular weight is 338 g/mol. The van der Waals surface area contributed by atoms with E-state index in [4.69, 9.17) is 8.83 Å². The number of furan rings is 1. The van der Waals surface area contributed by atoms with E-state index in [1.807, 2.05) is 18.2 Å². The highest BCUT2D eigenvalue weighted by Gasteiger charge is 2.21. The van der Waals surface area contributed by atoms with E-state index < -0.39 is 0 Å². The van der Waals surface area contributed by atoms with Gasteiger partial charge in [0.2, 0.25) is 0 Å². The molecule has 5 nitrogen and oxygen atoms in total. The lowest BCUT2D eigenvalue weighted by Gasteiger charge is -2.17. The summed E-state index contributed by atoms with van der Waals surface area (Å²) >= 11 is 0. The predicted molar refractivity (Wildman–Crippen MR) is 94.6 cm³/mol. The Bertz CT molecular complexity index is 845. The Morgan fingerprint density at radius 1 is 1.20 bits per heavy atom. The third-order valence-corrected chi connectivity index (χ3v) is 4.86. The number of amides is 1. The SMILES string of the molecule is O=C(NCCc1ccco1)c1ccc2nc(C3CCCCC3)oc2c1. The lowest BCUT2D eigenvalue weighted by molar-refractivity contribution is 0.0953. The van der Waals surface area contributed by atoms with Gasteiger partial charge in [-0.05, 0) is 43.2 Å². The molecular weight excluding hydrogens is 316 g/mol. The van der Waals surface area contributed by atoms with Crippen LogP contribution >= 0.6 is 0 Å². The van der Waals surface area contributed by atoms with Crippen LogP contribution in [0.2, 0.25) is 0 Å². The molecule has 2 aromatic heterocycles. The first-order chi connectivity index (χ1) is 12.3. The van der Waals surface area contributed by atoms with E-state index in [2.05, 4.69) is 10.3 Å². The minimum absolute atomic E-state index is 0.107. The smallest absolute Gasteiger partial charge is 0.251 e. The Morgan fingerprint density at radius 2 is 2.08 bits per heavy atom. The number of oxazole rings is 1. The van der Waals surface area contributed by atoms with Crippen LogP contribution in [-0.2, 0) is 6.42 Å². The molecule has 0 unspecified atom stereocenters. The van der Waals surface area contributed by atoms with E-state index in [0.29, 0.717) is 30.0 Å². The van der Waals surface area contributed by atoms with Crippen molar-refractivity contribution in [3.63, 3.8) is 0 Å². The Balaban J connectivity index is 1.43. The van der Waals surface area contributed by atoms with Crippen molar-refractivity contribution in [2.75, 3.05) is 6.54 Å². The van der Waals surface area contributed by atoms with E-state index in [1.54, 1.807) is 18.4 Å². The summed E-state index contributed by atoms with van der Waals surface area (Å²) in [6.45, 7) is 0.536. The van der Waals surface area contributed by atoms with Crippen molar-refractivity contribution in [3.8, 4) is 0 Å². The maximum absolute atomic E-state index is 12.3. The summed E-state index contributed by atoms with van der Waals surface area (Å²) in [6.07, 6.45) is 8.40. The van der Waals surface area contributed by atoms with Crippen LogP contribution < -0.4 is 5.32 Å². The van der Waals surface area contributed by atoms with Crippen molar-refractivity contribution < 1.29 is 13.6 Å². The van der Waals surface area contributed by atoms with Gasteiger partial charge in [-0.25, -0.2) is 4.98 Å². The molecule has 0 bridgehead atoms. The zero-order valence-electron chi connectivity index (χ0n) is 14.2. The maximum Gasteiger partial charge on any atom is 0.251 e. The van der Waals surface area contributed by atoms with Crippen LogP contribution in [0.4, 0.5) is 0 Å². The van der Waals surface area contributed by atoms with Crippen LogP contribution in [-0.4, -0.2) is 17.4 Å². The highest BCUT2D eigenvalue weighted by atomic mass is 16.3. The van der Waals surface area contributed by atoms with Gasteiger partial charge < -0.3 is 14.2 Å². The molecule has 4 rings (SSSR count). The highest BCUT2D eigenvalue weighted by Crippen LogP contribution is 2.33. The Hall–Kier alpha value is -2.56. The van der Waals surface area contributed by atoms with Crippen LogP contribution in [0.1, 0.15) is 60.0 Å². The molecule has 25 heavy (non-hydrogen) atoms. The summed E-state index contributed by atoms with van der Waals surface area (Å²) in [4.78, 5) is 16.9. The van der Waals surface area contributed by atoms with Gasteiger partial charge in [-0.1, -0.05) is 19.3 Å². The van der Waals surface area contributed by atoms with Crippen molar-refractivity contribution in [1.82, 2.24) is 10.3 Å². The van der Waals surface area contributed by atoms with E-state index in [-0.39, 0.29) is 5.91 Å². The lowest BCUT2D eigenvalue weighted by Crippen LogP contribution is -2.25. The van der Waals surface area contributed by atoms with Crippen LogP contribution in [0.3, 0.4) is 0 Å². The monoisotopic (exact) mass is 338 g/mol. The third-order valence-electron chi connectivity index (χ3n) is 4.86.